The average Bonchev–Trinajstić information content (AvgIpc) is 2.57. The molecule has 3 rings (SSSR count). The minimum Gasteiger partial charge on any atom is -0.427 e. The molecule has 2 aliphatic carbocycles. The molecule has 2 saturated carbocycles. The summed E-state index contributed by atoms with van der Waals surface area (Å²) in [7, 11) is 0. The molecule has 5 atom stereocenters. The zero-order chi connectivity index (χ0) is 13.3. The molecule has 3 fully saturated rings. The highest BCUT2D eigenvalue weighted by Crippen LogP contribution is 2.74. The van der Waals surface area contributed by atoms with Gasteiger partial charge in [0.25, 0.3) is 0 Å². The minimum absolute atomic E-state index is 0.0238. The molecule has 0 spiro atoms. The molecule has 100 valence electrons. The maximum absolute atomic E-state index is 11.7. The second kappa shape index (κ2) is 3.12. The highest BCUT2D eigenvalue weighted by Gasteiger charge is 2.76. The summed E-state index contributed by atoms with van der Waals surface area (Å²) in [6.45, 7) is 12.8. The van der Waals surface area contributed by atoms with E-state index in [0.29, 0.717) is 5.92 Å². The van der Waals surface area contributed by atoms with E-state index in [2.05, 4.69) is 34.3 Å². The quantitative estimate of drug-likeness (QED) is 0.527. The molecule has 0 amide bonds. The van der Waals surface area contributed by atoms with Gasteiger partial charge in [0.15, 0.2) is 0 Å². The molecule has 0 aromatic rings. The third-order valence-electron chi connectivity index (χ3n) is 6.58. The highest BCUT2D eigenvalue weighted by atomic mass is 16.7. The molecule has 0 aromatic carbocycles. The first-order valence-electron chi connectivity index (χ1n) is 6.80. The van der Waals surface area contributed by atoms with Crippen molar-refractivity contribution in [1.29, 1.82) is 0 Å². The number of cyclic esters (lactones) is 1. The van der Waals surface area contributed by atoms with Gasteiger partial charge in [0.1, 0.15) is 11.7 Å². The van der Waals surface area contributed by atoms with Crippen LogP contribution in [0.3, 0.4) is 0 Å². The Balaban J connectivity index is 2.15. The molecular formula is C15H22O3. The van der Waals surface area contributed by atoms with Crippen LogP contribution in [-0.2, 0) is 9.47 Å². The minimum atomic E-state index is -0.539. The van der Waals surface area contributed by atoms with E-state index in [1.165, 1.54) is 6.42 Å². The second-order valence-electron chi connectivity index (χ2n) is 7.00. The first kappa shape index (κ1) is 12.1. The predicted molar refractivity (Wildman–Crippen MR) is 68.1 cm³/mol. The molecule has 0 aromatic heterocycles. The lowest BCUT2D eigenvalue weighted by molar-refractivity contribution is -0.184. The molecule has 18 heavy (non-hydrogen) atoms. The molecule has 3 aliphatic rings. The topological polar surface area (TPSA) is 35.5 Å². The Morgan fingerprint density at radius 2 is 2.00 bits per heavy atom. The van der Waals surface area contributed by atoms with E-state index >= 15 is 0 Å². The van der Waals surface area contributed by atoms with Crippen molar-refractivity contribution in [3.63, 3.8) is 0 Å². The number of carbonyl (C=O) groups is 1. The lowest BCUT2D eigenvalue weighted by Gasteiger charge is -2.51. The third-order valence-corrected chi connectivity index (χ3v) is 6.58. The summed E-state index contributed by atoms with van der Waals surface area (Å²) in [5, 5.41) is 0. The van der Waals surface area contributed by atoms with Crippen molar-refractivity contribution < 1.29 is 14.3 Å². The van der Waals surface area contributed by atoms with E-state index in [-0.39, 0.29) is 22.9 Å². The summed E-state index contributed by atoms with van der Waals surface area (Å²) in [6.07, 6.45) is 3.33. The fourth-order valence-electron chi connectivity index (χ4n) is 5.10. The van der Waals surface area contributed by atoms with Crippen LogP contribution in [0.5, 0.6) is 0 Å². The standard InChI is InChI=1S/C15H22O3/c1-6-10-11-9-7-8-14(4,13(9,2)3)15(11,5)18-12(16)17-10/h6,9-11H,1,7-8H2,2-5H3/t9-,10+,11+,14-,15-/m1/s1. The van der Waals surface area contributed by atoms with Crippen molar-refractivity contribution in [2.45, 2.75) is 52.2 Å². The van der Waals surface area contributed by atoms with Crippen LogP contribution in [0.1, 0.15) is 40.5 Å². The van der Waals surface area contributed by atoms with Crippen molar-refractivity contribution in [3.05, 3.63) is 12.7 Å². The molecule has 2 bridgehead atoms. The van der Waals surface area contributed by atoms with E-state index < -0.39 is 11.8 Å². The van der Waals surface area contributed by atoms with Crippen LogP contribution in [0.2, 0.25) is 0 Å². The van der Waals surface area contributed by atoms with E-state index in [1.807, 2.05) is 0 Å². The summed E-state index contributed by atoms with van der Waals surface area (Å²) in [5.74, 6) is 0.769. The third kappa shape index (κ3) is 1.01. The van der Waals surface area contributed by atoms with Gasteiger partial charge < -0.3 is 9.47 Å². The Hall–Kier alpha value is -0.990. The molecule has 1 heterocycles. The normalized spacial score (nSPS) is 52.4. The number of hydrogen-bond donors (Lipinski definition) is 0. The van der Waals surface area contributed by atoms with E-state index in [0.717, 1.165) is 6.42 Å². The fourth-order valence-corrected chi connectivity index (χ4v) is 5.10. The Morgan fingerprint density at radius 3 is 2.61 bits per heavy atom. The van der Waals surface area contributed by atoms with Crippen molar-refractivity contribution in [2.75, 3.05) is 0 Å². The summed E-state index contributed by atoms with van der Waals surface area (Å²) in [6, 6.07) is 0. The van der Waals surface area contributed by atoms with Gasteiger partial charge in [-0.25, -0.2) is 4.79 Å². The van der Waals surface area contributed by atoms with Crippen molar-refractivity contribution >= 4 is 6.16 Å². The Bertz CT molecular complexity index is 427. The van der Waals surface area contributed by atoms with Gasteiger partial charge in [0, 0.05) is 11.3 Å². The van der Waals surface area contributed by atoms with Crippen LogP contribution in [0.4, 0.5) is 4.79 Å². The van der Waals surface area contributed by atoms with Gasteiger partial charge in [-0.2, -0.15) is 0 Å². The van der Waals surface area contributed by atoms with Crippen LogP contribution in [-0.4, -0.2) is 17.9 Å². The Kier molecular flexibility index (Phi) is 2.09. The Labute approximate surface area is 109 Å². The first-order valence-corrected chi connectivity index (χ1v) is 6.80. The van der Waals surface area contributed by atoms with Crippen LogP contribution in [0, 0.1) is 22.7 Å². The van der Waals surface area contributed by atoms with E-state index in [9.17, 15) is 4.79 Å². The van der Waals surface area contributed by atoms with Gasteiger partial charge >= 0.3 is 6.16 Å². The molecule has 1 saturated heterocycles. The maximum atomic E-state index is 11.7. The molecule has 3 heteroatoms. The monoisotopic (exact) mass is 250 g/mol. The second-order valence-corrected chi connectivity index (χ2v) is 7.00. The van der Waals surface area contributed by atoms with Gasteiger partial charge in [0.05, 0.1) is 0 Å². The van der Waals surface area contributed by atoms with Crippen molar-refractivity contribution in [2.24, 2.45) is 22.7 Å². The molecule has 0 unspecified atom stereocenters. The number of rotatable bonds is 1. The van der Waals surface area contributed by atoms with Gasteiger partial charge in [0.2, 0.25) is 0 Å². The van der Waals surface area contributed by atoms with Gasteiger partial charge in [-0.05, 0) is 31.1 Å². The first-order chi connectivity index (χ1) is 8.28. The molecular weight excluding hydrogens is 228 g/mol. The largest absolute Gasteiger partial charge is 0.509 e. The fraction of sp³-hybridized carbons (Fsp3) is 0.800. The zero-order valence-electron chi connectivity index (χ0n) is 11.7. The lowest BCUT2D eigenvalue weighted by atomic mass is 9.63. The number of fused-ring (bicyclic) bond motifs is 5. The Morgan fingerprint density at radius 1 is 1.33 bits per heavy atom. The molecule has 0 N–H and O–H groups in total. The maximum Gasteiger partial charge on any atom is 0.509 e. The van der Waals surface area contributed by atoms with Crippen molar-refractivity contribution in [1.82, 2.24) is 0 Å². The number of ether oxygens (including phenoxy) is 2. The lowest BCUT2D eigenvalue weighted by Crippen LogP contribution is -2.58. The van der Waals surface area contributed by atoms with Gasteiger partial charge in [-0.1, -0.05) is 33.4 Å². The van der Waals surface area contributed by atoms with E-state index in [1.54, 1.807) is 6.08 Å². The molecule has 0 radical (unpaired) electrons. The zero-order valence-corrected chi connectivity index (χ0v) is 11.7. The highest BCUT2D eigenvalue weighted by molar-refractivity contribution is 5.63. The van der Waals surface area contributed by atoms with Gasteiger partial charge in [-0.3, -0.25) is 0 Å². The van der Waals surface area contributed by atoms with Crippen molar-refractivity contribution in [3.8, 4) is 0 Å². The van der Waals surface area contributed by atoms with E-state index in [4.69, 9.17) is 9.47 Å². The van der Waals surface area contributed by atoms with Gasteiger partial charge in [-0.15, -0.1) is 0 Å². The van der Waals surface area contributed by atoms with Crippen LogP contribution < -0.4 is 0 Å². The summed E-state index contributed by atoms with van der Waals surface area (Å²) in [5.41, 5.74) is -0.231. The van der Waals surface area contributed by atoms with Crippen LogP contribution >= 0.6 is 0 Å². The average molecular weight is 250 g/mol. The smallest absolute Gasteiger partial charge is 0.427 e. The molecule has 3 nitrogen and oxygen atoms in total. The summed E-state index contributed by atoms with van der Waals surface area (Å²) < 4.78 is 11.0. The van der Waals surface area contributed by atoms with Crippen LogP contribution in [0.15, 0.2) is 12.7 Å². The number of hydrogen-bond acceptors (Lipinski definition) is 3. The SMILES string of the molecule is C=C[C@@H]1OC(=O)O[C@]2(C)[C@H]1[C@H]1CC[C@]2(C)C1(C)C. The summed E-state index contributed by atoms with van der Waals surface area (Å²) in [4.78, 5) is 11.7. The number of carbonyl (C=O) groups excluding carboxylic acids is 1. The van der Waals surface area contributed by atoms with Crippen LogP contribution in [0.25, 0.3) is 0 Å². The molecule has 1 aliphatic heterocycles. The summed E-state index contributed by atoms with van der Waals surface area (Å²) >= 11 is 0. The predicted octanol–water partition coefficient (Wildman–Crippen LogP) is 3.54.